The summed E-state index contributed by atoms with van der Waals surface area (Å²) in [4.78, 5) is 0. The van der Waals surface area contributed by atoms with Gasteiger partial charge in [-0.05, 0) is 93.4 Å². The van der Waals surface area contributed by atoms with Crippen LogP contribution in [0, 0.1) is 27.7 Å². The molecule has 0 amide bonds. The Kier molecular flexibility index (Phi) is 4.56. The van der Waals surface area contributed by atoms with Crippen LogP contribution in [-0.4, -0.2) is 5.11 Å². The molecule has 0 aliphatic carbocycles. The van der Waals surface area contributed by atoms with Gasteiger partial charge < -0.3 is 5.11 Å². The summed E-state index contributed by atoms with van der Waals surface area (Å²) < 4.78 is 2.00. The fourth-order valence-electron chi connectivity index (χ4n) is 2.35. The molecule has 4 heteroatoms. The molecule has 19 heavy (non-hydrogen) atoms. The lowest BCUT2D eigenvalue weighted by Gasteiger charge is -2.20. The minimum Gasteiger partial charge on any atom is -0.384 e. The Hall–Kier alpha value is -0.160. The zero-order chi connectivity index (χ0) is 14.3. The summed E-state index contributed by atoms with van der Waals surface area (Å²) in [6, 6.07) is 4.16. The Morgan fingerprint density at radius 2 is 1.53 bits per heavy atom. The first-order valence-electron chi connectivity index (χ1n) is 6.03. The standard InChI is InChI=1S/C15H16Br2OS/c1-7-5-8(2)10(4)13(9(7)3)14(18)11-6-12(16)19-15(11)17/h5-6,14,18H,1-4H3. The second-order valence-electron chi connectivity index (χ2n) is 4.86. The second kappa shape index (κ2) is 5.68. The van der Waals surface area contributed by atoms with E-state index in [2.05, 4.69) is 65.6 Å². The highest BCUT2D eigenvalue weighted by atomic mass is 79.9. The molecule has 1 atom stereocenters. The van der Waals surface area contributed by atoms with E-state index in [1.54, 1.807) is 11.3 Å². The van der Waals surface area contributed by atoms with Gasteiger partial charge in [0.15, 0.2) is 0 Å². The number of aryl methyl sites for hydroxylation is 2. The van der Waals surface area contributed by atoms with Crippen LogP contribution in [0.3, 0.4) is 0 Å². The topological polar surface area (TPSA) is 20.2 Å². The van der Waals surface area contributed by atoms with Gasteiger partial charge in [0.25, 0.3) is 0 Å². The molecular formula is C15H16Br2OS. The van der Waals surface area contributed by atoms with Crippen LogP contribution >= 0.6 is 43.2 Å². The van der Waals surface area contributed by atoms with Crippen molar-refractivity contribution in [3.8, 4) is 0 Å². The van der Waals surface area contributed by atoms with Crippen molar-refractivity contribution in [2.24, 2.45) is 0 Å². The van der Waals surface area contributed by atoms with E-state index in [4.69, 9.17) is 0 Å². The number of hydrogen-bond donors (Lipinski definition) is 1. The van der Waals surface area contributed by atoms with Crippen LogP contribution in [0.5, 0.6) is 0 Å². The lowest BCUT2D eigenvalue weighted by molar-refractivity contribution is 0.218. The summed E-state index contributed by atoms with van der Waals surface area (Å²) in [5.74, 6) is 0. The van der Waals surface area contributed by atoms with E-state index in [0.29, 0.717) is 0 Å². The first kappa shape index (κ1) is 15.2. The normalized spacial score (nSPS) is 12.8. The highest BCUT2D eigenvalue weighted by Gasteiger charge is 2.21. The third-order valence-corrected chi connectivity index (χ3v) is 6.06. The molecule has 0 bridgehead atoms. The van der Waals surface area contributed by atoms with Gasteiger partial charge in [-0.3, -0.25) is 0 Å². The zero-order valence-corrected chi connectivity index (χ0v) is 15.3. The molecule has 1 N–H and O–H groups in total. The van der Waals surface area contributed by atoms with Gasteiger partial charge in [-0.2, -0.15) is 0 Å². The van der Waals surface area contributed by atoms with E-state index in [1.807, 2.05) is 6.07 Å². The van der Waals surface area contributed by atoms with Gasteiger partial charge in [0.05, 0.1) is 7.57 Å². The molecule has 102 valence electrons. The van der Waals surface area contributed by atoms with Crippen molar-refractivity contribution < 1.29 is 5.11 Å². The highest BCUT2D eigenvalue weighted by molar-refractivity contribution is 9.12. The molecule has 1 aromatic heterocycles. The number of halogens is 2. The van der Waals surface area contributed by atoms with Crippen LogP contribution in [0.1, 0.15) is 39.5 Å². The molecule has 1 heterocycles. The quantitative estimate of drug-likeness (QED) is 0.692. The number of benzene rings is 1. The van der Waals surface area contributed by atoms with Gasteiger partial charge >= 0.3 is 0 Å². The first-order chi connectivity index (χ1) is 8.82. The number of aliphatic hydroxyl groups is 1. The predicted octanol–water partition coefficient (Wildman–Crippen LogP) is 5.59. The van der Waals surface area contributed by atoms with E-state index in [1.165, 1.54) is 22.3 Å². The molecular weight excluding hydrogens is 388 g/mol. The molecule has 0 aliphatic rings. The van der Waals surface area contributed by atoms with E-state index in [9.17, 15) is 5.11 Å². The lowest BCUT2D eigenvalue weighted by Crippen LogP contribution is -2.07. The van der Waals surface area contributed by atoms with E-state index >= 15 is 0 Å². The Balaban J connectivity index is 2.62. The fraction of sp³-hybridized carbons (Fsp3) is 0.333. The number of hydrogen-bond acceptors (Lipinski definition) is 2. The van der Waals surface area contributed by atoms with Crippen molar-refractivity contribution in [2.75, 3.05) is 0 Å². The maximum Gasteiger partial charge on any atom is 0.107 e. The van der Waals surface area contributed by atoms with Gasteiger partial charge in [0.1, 0.15) is 6.10 Å². The van der Waals surface area contributed by atoms with E-state index in [-0.39, 0.29) is 0 Å². The summed E-state index contributed by atoms with van der Waals surface area (Å²) in [6.07, 6.45) is -0.587. The Morgan fingerprint density at radius 1 is 1.00 bits per heavy atom. The lowest BCUT2D eigenvalue weighted by atomic mass is 9.89. The highest BCUT2D eigenvalue weighted by Crippen LogP contribution is 2.40. The van der Waals surface area contributed by atoms with Gasteiger partial charge in [-0.1, -0.05) is 6.07 Å². The summed E-state index contributed by atoms with van der Waals surface area (Å²) in [6.45, 7) is 8.35. The van der Waals surface area contributed by atoms with Crippen molar-refractivity contribution in [3.05, 3.63) is 53.1 Å². The minimum absolute atomic E-state index is 0.587. The second-order valence-corrected chi connectivity index (χ2v) is 8.61. The van der Waals surface area contributed by atoms with Crippen LogP contribution in [0.15, 0.2) is 19.7 Å². The Labute approximate surface area is 134 Å². The predicted molar refractivity (Wildman–Crippen MR) is 89.2 cm³/mol. The van der Waals surface area contributed by atoms with Crippen LogP contribution < -0.4 is 0 Å². The van der Waals surface area contributed by atoms with Crippen LogP contribution in [0.2, 0.25) is 0 Å². The molecule has 0 saturated carbocycles. The van der Waals surface area contributed by atoms with E-state index < -0.39 is 6.10 Å². The van der Waals surface area contributed by atoms with Gasteiger partial charge in [-0.25, -0.2) is 0 Å². The van der Waals surface area contributed by atoms with Gasteiger partial charge in [0, 0.05) is 5.56 Å². The molecule has 0 saturated heterocycles. The molecule has 2 rings (SSSR count). The molecule has 1 nitrogen and oxygen atoms in total. The minimum atomic E-state index is -0.587. The zero-order valence-electron chi connectivity index (χ0n) is 11.3. The molecule has 0 radical (unpaired) electrons. The number of aliphatic hydroxyl groups excluding tert-OH is 1. The van der Waals surface area contributed by atoms with Crippen LogP contribution in [0.4, 0.5) is 0 Å². The molecule has 0 spiro atoms. The molecule has 0 aliphatic heterocycles. The monoisotopic (exact) mass is 402 g/mol. The van der Waals surface area contributed by atoms with Crippen molar-refractivity contribution in [2.45, 2.75) is 33.8 Å². The van der Waals surface area contributed by atoms with Crippen molar-refractivity contribution in [1.82, 2.24) is 0 Å². The van der Waals surface area contributed by atoms with Crippen LogP contribution in [-0.2, 0) is 0 Å². The average Bonchev–Trinajstić information content (AvgIpc) is 2.66. The Morgan fingerprint density at radius 3 is 1.95 bits per heavy atom. The third kappa shape index (κ3) is 2.82. The summed E-state index contributed by atoms with van der Waals surface area (Å²) >= 11 is 8.58. The van der Waals surface area contributed by atoms with E-state index in [0.717, 1.165) is 18.7 Å². The summed E-state index contributed by atoms with van der Waals surface area (Å²) in [5, 5.41) is 10.8. The fourth-order valence-corrected chi connectivity index (χ4v) is 5.24. The average molecular weight is 404 g/mol. The number of thiophene rings is 1. The molecule has 0 fully saturated rings. The largest absolute Gasteiger partial charge is 0.384 e. The van der Waals surface area contributed by atoms with Crippen molar-refractivity contribution in [1.29, 1.82) is 0 Å². The van der Waals surface area contributed by atoms with Crippen molar-refractivity contribution in [3.63, 3.8) is 0 Å². The smallest absolute Gasteiger partial charge is 0.107 e. The van der Waals surface area contributed by atoms with Gasteiger partial charge in [-0.15, -0.1) is 11.3 Å². The maximum atomic E-state index is 10.8. The molecule has 2 aromatic rings. The summed E-state index contributed by atoms with van der Waals surface area (Å²) in [5.41, 5.74) is 6.75. The van der Waals surface area contributed by atoms with Crippen LogP contribution in [0.25, 0.3) is 0 Å². The SMILES string of the molecule is Cc1cc(C)c(C)c(C(O)c2cc(Br)sc2Br)c1C. The number of rotatable bonds is 2. The maximum absolute atomic E-state index is 10.8. The molecule has 1 unspecified atom stereocenters. The van der Waals surface area contributed by atoms with Crippen molar-refractivity contribution >= 4 is 43.2 Å². The molecule has 1 aromatic carbocycles. The Bertz CT molecular complexity index is 605. The summed E-state index contributed by atoms with van der Waals surface area (Å²) in [7, 11) is 0. The first-order valence-corrected chi connectivity index (χ1v) is 8.43. The third-order valence-electron chi connectivity index (χ3n) is 3.68. The van der Waals surface area contributed by atoms with Gasteiger partial charge in [0.2, 0.25) is 0 Å².